The highest BCUT2D eigenvalue weighted by Crippen LogP contribution is 2.36. The van der Waals surface area contributed by atoms with Gasteiger partial charge in [-0.1, -0.05) is 12.1 Å². The van der Waals surface area contributed by atoms with Crippen molar-refractivity contribution in [3.8, 4) is 0 Å². The predicted molar refractivity (Wildman–Crippen MR) is 110 cm³/mol. The molecule has 0 unspecified atom stereocenters. The first-order valence-electron chi connectivity index (χ1n) is 9.71. The van der Waals surface area contributed by atoms with E-state index in [4.69, 9.17) is 0 Å². The molecule has 1 saturated heterocycles. The number of amides is 1. The Morgan fingerprint density at radius 2 is 1.73 bits per heavy atom. The Morgan fingerprint density at radius 1 is 1.03 bits per heavy atom. The van der Waals surface area contributed by atoms with Crippen LogP contribution in [0.2, 0.25) is 0 Å². The molecule has 1 amide bonds. The van der Waals surface area contributed by atoms with Crippen LogP contribution >= 0.6 is 0 Å². The third-order valence-corrected chi connectivity index (χ3v) is 5.60. The van der Waals surface area contributed by atoms with Gasteiger partial charge in [-0.15, -0.1) is 0 Å². The van der Waals surface area contributed by atoms with Gasteiger partial charge in [0.15, 0.2) is 0 Å². The van der Waals surface area contributed by atoms with Gasteiger partial charge in [0.05, 0.1) is 9.85 Å². The molecule has 1 aliphatic rings. The highest BCUT2D eigenvalue weighted by Gasteiger charge is 2.27. The summed E-state index contributed by atoms with van der Waals surface area (Å²) in [7, 11) is 0. The average molecular weight is 408 g/mol. The maximum Gasteiger partial charge on any atom is 0.270 e. The zero-order valence-corrected chi connectivity index (χ0v) is 16.1. The molecule has 1 aromatic heterocycles. The minimum absolute atomic E-state index is 0.0243. The summed E-state index contributed by atoms with van der Waals surface area (Å²) in [4.78, 5) is 39.4. The number of fused-ring (bicyclic) bond motifs is 1. The number of non-ortho nitro benzene ring substituents is 2. The normalized spacial score (nSPS) is 14.7. The van der Waals surface area contributed by atoms with E-state index in [1.54, 1.807) is 24.4 Å². The number of aromatic amines is 1. The number of benzene rings is 2. The van der Waals surface area contributed by atoms with Gasteiger partial charge < -0.3 is 9.88 Å². The third-order valence-electron chi connectivity index (χ3n) is 5.60. The Hall–Kier alpha value is -3.75. The number of nitrogens with zero attached hydrogens (tertiary/aromatic N) is 3. The lowest BCUT2D eigenvalue weighted by Gasteiger charge is -2.21. The van der Waals surface area contributed by atoms with Crippen LogP contribution in [0.4, 0.5) is 11.4 Å². The van der Waals surface area contributed by atoms with Crippen molar-refractivity contribution in [1.82, 2.24) is 9.88 Å². The van der Waals surface area contributed by atoms with Gasteiger partial charge >= 0.3 is 0 Å². The van der Waals surface area contributed by atoms with E-state index in [1.165, 1.54) is 24.3 Å². The zero-order valence-electron chi connectivity index (χ0n) is 16.1. The van der Waals surface area contributed by atoms with Crippen LogP contribution < -0.4 is 0 Å². The molecule has 3 aromatic rings. The second-order valence-electron chi connectivity index (χ2n) is 7.43. The van der Waals surface area contributed by atoms with E-state index in [2.05, 4.69) is 4.98 Å². The van der Waals surface area contributed by atoms with Gasteiger partial charge in [0.25, 0.3) is 11.4 Å². The molecule has 30 heavy (non-hydrogen) atoms. The van der Waals surface area contributed by atoms with Crippen molar-refractivity contribution in [2.45, 2.75) is 25.2 Å². The van der Waals surface area contributed by atoms with Gasteiger partial charge in [0, 0.05) is 66.8 Å². The lowest BCUT2D eigenvalue weighted by Crippen LogP contribution is -2.29. The third kappa shape index (κ3) is 3.73. The first kappa shape index (κ1) is 19.6. The van der Waals surface area contributed by atoms with E-state index < -0.39 is 15.8 Å². The fourth-order valence-corrected chi connectivity index (χ4v) is 4.06. The van der Waals surface area contributed by atoms with Crippen LogP contribution in [0.25, 0.3) is 10.9 Å². The smallest absolute Gasteiger partial charge is 0.270 e. The molecule has 4 rings (SSSR count). The summed E-state index contributed by atoms with van der Waals surface area (Å²) in [6.07, 6.45) is 3.80. The van der Waals surface area contributed by atoms with Crippen molar-refractivity contribution >= 4 is 28.2 Å². The molecular weight excluding hydrogens is 388 g/mol. The maximum absolute atomic E-state index is 12.9. The molecule has 1 aliphatic heterocycles. The Labute approximate surface area is 171 Å². The van der Waals surface area contributed by atoms with Crippen LogP contribution in [0, 0.1) is 20.2 Å². The van der Waals surface area contributed by atoms with E-state index in [0.29, 0.717) is 35.1 Å². The number of likely N-dealkylation sites (tertiary alicyclic amines) is 1. The average Bonchev–Trinajstić information content (AvgIpc) is 3.41. The van der Waals surface area contributed by atoms with Crippen molar-refractivity contribution in [2.75, 3.05) is 13.1 Å². The molecule has 2 aromatic carbocycles. The van der Waals surface area contributed by atoms with Gasteiger partial charge in [-0.05, 0) is 30.0 Å². The minimum Gasteiger partial charge on any atom is -0.361 e. The molecule has 0 bridgehead atoms. The summed E-state index contributed by atoms with van der Waals surface area (Å²) < 4.78 is 0. The lowest BCUT2D eigenvalue weighted by molar-refractivity contribution is -0.385. The lowest BCUT2D eigenvalue weighted by atomic mass is 9.87. The fourth-order valence-electron chi connectivity index (χ4n) is 4.06. The van der Waals surface area contributed by atoms with Gasteiger partial charge in [-0.3, -0.25) is 25.0 Å². The second-order valence-corrected chi connectivity index (χ2v) is 7.43. The summed E-state index contributed by atoms with van der Waals surface area (Å²) >= 11 is 0. The first-order valence-corrected chi connectivity index (χ1v) is 9.71. The molecule has 0 saturated carbocycles. The Bertz CT molecular complexity index is 1130. The van der Waals surface area contributed by atoms with Crippen LogP contribution in [-0.4, -0.2) is 38.7 Å². The number of nitro groups is 2. The van der Waals surface area contributed by atoms with Crippen molar-refractivity contribution in [3.63, 3.8) is 0 Å². The first-order chi connectivity index (χ1) is 14.4. The molecular formula is C21H20N4O5. The largest absolute Gasteiger partial charge is 0.361 e. The molecule has 9 heteroatoms. The SMILES string of the molecule is O=C(C[C@H](c1cccc([N+](=O)[O-])c1)c1c[nH]c2ccc([N+](=O)[O-])cc12)N1CCCC1. The van der Waals surface area contributed by atoms with E-state index in [-0.39, 0.29) is 23.7 Å². The van der Waals surface area contributed by atoms with Crippen molar-refractivity contribution < 1.29 is 14.6 Å². The van der Waals surface area contributed by atoms with Crippen LogP contribution in [-0.2, 0) is 4.79 Å². The number of aromatic nitrogens is 1. The summed E-state index contributed by atoms with van der Waals surface area (Å²) in [5.74, 6) is -0.488. The number of nitro benzene ring substituents is 2. The number of carbonyl (C=O) groups excluding carboxylic acids is 1. The molecule has 154 valence electrons. The molecule has 2 heterocycles. The number of hydrogen-bond acceptors (Lipinski definition) is 5. The molecule has 0 radical (unpaired) electrons. The number of hydrogen-bond donors (Lipinski definition) is 1. The topological polar surface area (TPSA) is 122 Å². The van der Waals surface area contributed by atoms with E-state index >= 15 is 0 Å². The number of nitrogens with one attached hydrogen (secondary N) is 1. The molecule has 1 fully saturated rings. The van der Waals surface area contributed by atoms with Gasteiger partial charge in [-0.25, -0.2) is 0 Å². The summed E-state index contributed by atoms with van der Waals surface area (Å²) in [5.41, 5.74) is 1.94. The Kier molecular flexibility index (Phi) is 5.18. The van der Waals surface area contributed by atoms with Crippen LogP contribution in [0.5, 0.6) is 0 Å². The van der Waals surface area contributed by atoms with Gasteiger partial charge in [-0.2, -0.15) is 0 Å². The summed E-state index contributed by atoms with van der Waals surface area (Å²) in [6.45, 7) is 1.42. The van der Waals surface area contributed by atoms with E-state index in [1.807, 2.05) is 4.90 Å². The van der Waals surface area contributed by atoms with Crippen LogP contribution in [0.15, 0.2) is 48.7 Å². The number of rotatable bonds is 6. The van der Waals surface area contributed by atoms with Gasteiger partial charge in [0.2, 0.25) is 5.91 Å². The van der Waals surface area contributed by atoms with E-state index in [0.717, 1.165) is 12.8 Å². The predicted octanol–water partition coefficient (Wildman–Crippen LogP) is 4.13. The standard InChI is InChI=1S/C21H20N4O5/c26-21(23-8-1-2-9-23)12-17(14-4-3-5-15(10-14)24(27)28)19-13-22-20-7-6-16(25(29)30)11-18(19)20/h3-7,10-11,13,17,22H,1-2,8-9,12H2/t17-/m1/s1. The van der Waals surface area contributed by atoms with Crippen molar-refractivity contribution in [2.24, 2.45) is 0 Å². The second kappa shape index (κ2) is 7.94. The summed E-state index contributed by atoms with van der Waals surface area (Å²) in [6, 6.07) is 10.8. The Morgan fingerprint density at radius 3 is 2.43 bits per heavy atom. The minimum atomic E-state index is -0.469. The molecule has 0 aliphatic carbocycles. The molecule has 1 N–H and O–H groups in total. The van der Waals surface area contributed by atoms with Crippen LogP contribution in [0.3, 0.4) is 0 Å². The highest BCUT2D eigenvalue weighted by atomic mass is 16.6. The fraction of sp³-hybridized carbons (Fsp3) is 0.286. The van der Waals surface area contributed by atoms with E-state index in [9.17, 15) is 25.0 Å². The maximum atomic E-state index is 12.9. The molecule has 9 nitrogen and oxygen atoms in total. The number of carbonyl (C=O) groups is 1. The number of H-pyrrole nitrogens is 1. The monoisotopic (exact) mass is 408 g/mol. The van der Waals surface area contributed by atoms with Crippen molar-refractivity contribution in [1.29, 1.82) is 0 Å². The van der Waals surface area contributed by atoms with Crippen LogP contribution in [0.1, 0.15) is 36.3 Å². The Balaban J connectivity index is 1.80. The summed E-state index contributed by atoms with van der Waals surface area (Å²) in [5, 5.41) is 23.2. The molecule has 0 spiro atoms. The quantitative estimate of drug-likeness (QED) is 0.485. The highest BCUT2D eigenvalue weighted by molar-refractivity contribution is 5.88. The van der Waals surface area contributed by atoms with Crippen molar-refractivity contribution in [3.05, 3.63) is 80.0 Å². The van der Waals surface area contributed by atoms with Gasteiger partial charge in [0.1, 0.15) is 0 Å². The molecule has 1 atom stereocenters. The zero-order chi connectivity index (χ0) is 21.3.